The molecule has 0 saturated heterocycles. The second-order valence-electron chi connectivity index (χ2n) is 2.85. The zero-order valence-electron chi connectivity index (χ0n) is 9.23. The Morgan fingerprint density at radius 1 is 1.38 bits per heavy atom. The zero-order valence-corrected chi connectivity index (χ0v) is 9.23. The molecule has 0 unspecified atom stereocenters. The van der Waals surface area contributed by atoms with Gasteiger partial charge in [-0.3, -0.25) is 4.79 Å². The van der Waals surface area contributed by atoms with Gasteiger partial charge in [-0.15, -0.1) is 0 Å². The van der Waals surface area contributed by atoms with Crippen LogP contribution in [0.5, 0.6) is 5.88 Å². The Labute approximate surface area is 92.6 Å². The SMILES string of the molecule is CNC(=O)c1cc(C(=O)OC)cnc1OC. The predicted molar refractivity (Wildman–Crippen MR) is 55.5 cm³/mol. The van der Waals surface area contributed by atoms with Crippen LogP contribution in [0.3, 0.4) is 0 Å². The highest BCUT2D eigenvalue weighted by Gasteiger charge is 2.16. The Hall–Kier alpha value is -2.11. The van der Waals surface area contributed by atoms with Gasteiger partial charge < -0.3 is 14.8 Å². The van der Waals surface area contributed by atoms with Gasteiger partial charge in [0.15, 0.2) is 0 Å². The van der Waals surface area contributed by atoms with E-state index in [1.807, 2.05) is 0 Å². The van der Waals surface area contributed by atoms with Gasteiger partial charge in [-0.1, -0.05) is 0 Å². The minimum absolute atomic E-state index is 0.159. The molecule has 0 radical (unpaired) electrons. The number of aromatic nitrogens is 1. The number of nitrogens with zero attached hydrogens (tertiary/aromatic N) is 1. The van der Waals surface area contributed by atoms with Crippen LogP contribution < -0.4 is 10.1 Å². The molecular formula is C10H12N2O4. The average molecular weight is 224 g/mol. The lowest BCUT2D eigenvalue weighted by Crippen LogP contribution is -2.20. The van der Waals surface area contributed by atoms with Gasteiger partial charge in [-0.05, 0) is 6.07 Å². The maximum atomic E-state index is 11.5. The van der Waals surface area contributed by atoms with Gasteiger partial charge in [-0.2, -0.15) is 0 Å². The molecule has 0 saturated carbocycles. The van der Waals surface area contributed by atoms with Crippen LogP contribution >= 0.6 is 0 Å². The van der Waals surface area contributed by atoms with Crippen LogP contribution in [-0.2, 0) is 4.74 Å². The van der Waals surface area contributed by atoms with Crippen LogP contribution in [-0.4, -0.2) is 38.1 Å². The Morgan fingerprint density at radius 2 is 2.06 bits per heavy atom. The molecule has 1 aromatic heterocycles. The summed E-state index contributed by atoms with van der Waals surface area (Å²) in [7, 11) is 4.13. The maximum Gasteiger partial charge on any atom is 0.339 e. The summed E-state index contributed by atoms with van der Waals surface area (Å²) in [6.45, 7) is 0. The quantitative estimate of drug-likeness (QED) is 0.744. The molecule has 0 bridgehead atoms. The largest absolute Gasteiger partial charge is 0.480 e. The third-order valence-corrected chi connectivity index (χ3v) is 1.94. The molecule has 16 heavy (non-hydrogen) atoms. The summed E-state index contributed by atoms with van der Waals surface area (Å²) in [5, 5.41) is 2.43. The first-order chi connectivity index (χ1) is 7.63. The van der Waals surface area contributed by atoms with Crippen LogP contribution in [0.1, 0.15) is 20.7 Å². The molecule has 6 heteroatoms. The zero-order chi connectivity index (χ0) is 12.1. The fourth-order valence-electron chi connectivity index (χ4n) is 1.14. The molecule has 0 atom stereocenters. The molecule has 6 nitrogen and oxygen atoms in total. The summed E-state index contributed by atoms with van der Waals surface area (Å²) >= 11 is 0. The Morgan fingerprint density at radius 3 is 2.56 bits per heavy atom. The summed E-state index contributed by atoms with van der Waals surface area (Å²) in [6.07, 6.45) is 1.29. The molecule has 1 N–H and O–H groups in total. The number of methoxy groups -OCH3 is 2. The minimum Gasteiger partial charge on any atom is -0.480 e. The first-order valence-electron chi connectivity index (χ1n) is 4.48. The first kappa shape index (κ1) is 12.0. The van der Waals surface area contributed by atoms with E-state index in [1.165, 1.54) is 33.5 Å². The molecule has 0 aromatic carbocycles. The number of esters is 1. The van der Waals surface area contributed by atoms with Crippen LogP contribution in [0.4, 0.5) is 0 Å². The lowest BCUT2D eigenvalue weighted by atomic mass is 10.2. The van der Waals surface area contributed by atoms with Crippen molar-refractivity contribution < 1.29 is 19.1 Å². The van der Waals surface area contributed by atoms with Crippen molar-refractivity contribution >= 4 is 11.9 Å². The van der Waals surface area contributed by atoms with Gasteiger partial charge >= 0.3 is 5.97 Å². The van der Waals surface area contributed by atoms with Gasteiger partial charge in [0.05, 0.1) is 19.8 Å². The van der Waals surface area contributed by atoms with Crippen molar-refractivity contribution in [2.75, 3.05) is 21.3 Å². The van der Waals surface area contributed by atoms with Gasteiger partial charge in [0.25, 0.3) is 5.91 Å². The number of amides is 1. The van der Waals surface area contributed by atoms with Gasteiger partial charge in [0, 0.05) is 13.2 Å². The van der Waals surface area contributed by atoms with Crippen LogP contribution in [0.2, 0.25) is 0 Å². The van der Waals surface area contributed by atoms with E-state index in [0.717, 1.165) is 0 Å². The molecular weight excluding hydrogens is 212 g/mol. The van der Waals surface area contributed by atoms with Crippen LogP contribution in [0, 0.1) is 0 Å². The minimum atomic E-state index is -0.555. The van der Waals surface area contributed by atoms with E-state index in [2.05, 4.69) is 15.0 Å². The highest BCUT2D eigenvalue weighted by Crippen LogP contribution is 2.16. The molecule has 0 fully saturated rings. The number of carbonyl (C=O) groups excluding carboxylic acids is 2. The molecule has 0 aliphatic rings. The van der Waals surface area contributed by atoms with Crippen molar-refractivity contribution in [1.29, 1.82) is 0 Å². The number of carbonyl (C=O) groups is 2. The Balaban J connectivity index is 3.21. The van der Waals surface area contributed by atoms with Crippen molar-refractivity contribution in [3.8, 4) is 5.88 Å². The smallest absolute Gasteiger partial charge is 0.339 e. The first-order valence-corrected chi connectivity index (χ1v) is 4.48. The number of ether oxygens (including phenoxy) is 2. The van der Waals surface area contributed by atoms with E-state index in [9.17, 15) is 9.59 Å². The second kappa shape index (κ2) is 5.11. The standard InChI is InChI=1S/C10H12N2O4/c1-11-8(13)7-4-6(10(14)16-3)5-12-9(7)15-2/h4-5H,1-3H3,(H,11,13). The van der Waals surface area contributed by atoms with Crippen LogP contribution in [0.15, 0.2) is 12.3 Å². The Kier molecular flexibility index (Phi) is 3.82. The van der Waals surface area contributed by atoms with E-state index in [4.69, 9.17) is 4.74 Å². The van der Waals surface area contributed by atoms with Crippen molar-refractivity contribution in [2.45, 2.75) is 0 Å². The van der Waals surface area contributed by atoms with Crippen molar-refractivity contribution in [3.05, 3.63) is 23.4 Å². The summed E-state index contributed by atoms with van der Waals surface area (Å²) in [6, 6.07) is 1.37. The molecule has 1 heterocycles. The maximum absolute atomic E-state index is 11.5. The molecule has 86 valence electrons. The second-order valence-corrected chi connectivity index (χ2v) is 2.85. The average Bonchev–Trinajstić information content (AvgIpc) is 2.35. The summed E-state index contributed by atoms with van der Waals surface area (Å²) in [5.41, 5.74) is 0.384. The highest BCUT2D eigenvalue weighted by atomic mass is 16.5. The van der Waals surface area contributed by atoms with E-state index in [-0.39, 0.29) is 22.9 Å². The normalized spacial score (nSPS) is 9.44. The van der Waals surface area contributed by atoms with Gasteiger partial charge in [0.1, 0.15) is 5.56 Å². The molecule has 1 amide bonds. The summed E-state index contributed by atoms with van der Waals surface area (Å²) < 4.78 is 9.44. The molecule has 0 aliphatic heterocycles. The third-order valence-electron chi connectivity index (χ3n) is 1.94. The Bertz CT molecular complexity index is 417. The van der Waals surface area contributed by atoms with E-state index < -0.39 is 5.97 Å². The van der Waals surface area contributed by atoms with Crippen molar-refractivity contribution in [3.63, 3.8) is 0 Å². The number of nitrogens with one attached hydrogen (secondary N) is 1. The lowest BCUT2D eigenvalue weighted by Gasteiger charge is -2.07. The van der Waals surface area contributed by atoms with Crippen LogP contribution in [0.25, 0.3) is 0 Å². The number of rotatable bonds is 3. The number of hydrogen-bond acceptors (Lipinski definition) is 5. The summed E-state index contributed by atoms with van der Waals surface area (Å²) in [5.74, 6) is -0.776. The van der Waals surface area contributed by atoms with Crippen molar-refractivity contribution in [1.82, 2.24) is 10.3 Å². The highest BCUT2D eigenvalue weighted by molar-refractivity contribution is 5.99. The fourth-order valence-corrected chi connectivity index (χ4v) is 1.14. The number of hydrogen-bond donors (Lipinski definition) is 1. The topological polar surface area (TPSA) is 77.5 Å². The lowest BCUT2D eigenvalue weighted by molar-refractivity contribution is 0.0600. The monoisotopic (exact) mass is 224 g/mol. The molecule has 1 aromatic rings. The third kappa shape index (κ3) is 2.28. The van der Waals surface area contributed by atoms with E-state index >= 15 is 0 Å². The molecule has 0 aliphatic carbocycles. The van der Waals surface area contributed by atoms with E-state index in [1.54, 1.807) is 0 Å². The van der Waals surface area contributed by atoms with Gasteiger partial charge in [0.2, 0.25) is 5.88 Å². The van der Waals surface area contributed by atoms with Crippen molar-refractivity contribution in [2.24, 2.45) is 0 Å². The number of pyridine rings is 1. The van der Waals surface area contributed by atoms with Gasteiger partial charge in [-0.25, -0.2) is 9.78 Å². The van der Waals surface area contributed by atoms with E-state index in [0.29, 0.717) is 0 Å². The predicted octanol–water partition coefficient (Wildman–Crippen LogP) is 0.236. The molecule has 1 rings (SSSR count). The summed E-state index contributed by atoms with van der Waals surface area (Å²) in [4.78, 5) is 26.6. The fraction of sp³-hybridized carbons (Fsp3) is 0.300. The molecule has 0 spiro atoms.